The summed E-state index contributed by atoms with van der Waals surface area (Å²) in [5, 5.41) is 4.25. The van der Waals surface area contributed by atoms with Crippen LogP contribution in [0.2, 0.25) is 0 Å². The highest BCUT2D eigenvalue weighted by Gasteiger charge is 2.32. The van der Waals surface area contributed by atoms with E-state index < -0.39 is 10.0 Å². The quantitative estimate of drug-likeness (QED) is 0.801. The van der Waals surface area contributed by atoms with Gasteiger partial charge < -0.3 is 4.74 Å². The van der Waals surface area contributed by atoms with Gasteiger partial charge in [0.25, 0.3) is 0 Å². The number of hydrogen-bond acceptors (Lipinski definition) is 4. The van der Waals surface area contributed by atoms with Gasteiger partial charge in [0.1, 0.15) is 4.90 Å². The maximum absolute atomic E-state index is 13.1. The first-order valence-corrected chi connectivity index (χ1v) is 9.43. The van der Waals surface area contributed by atoms with Gasteiger partial charge in [-0.3, -0.25) is 4.68 Å². The van der Waals surface area contributed by atoms with Crippen LogP contribution in [0.3, 0.4) is 0 Å². The lowest BCUT2D eigenvalue weighted by atomic mass is 10.1. The second-order valence-electron chi connectivity index (χ2n) is 5.98. The Morgan fingerprint density at radius 3 is 2.59 bits per heavy atom. The predicted octanol–water partition coefficient (Wildman–Crippen LogP) is 2.01. The molecule has 0 radical (unpaired) electrons. The van der Waals surface area contributed by atoms with Crippen LogP contribution in [0.4, 0.5) is 0 Å². The van der Waals surface area contributed by atoms with Crippen LogP contribution >= 0.6 is 0 Å². The standard InChI is InChI=1S/C15H27N3O3S/c1-5-9-18(11-14-8-6-7-10-21-14)22(19,20)15-12(2)16-17(4)13(15)3/h14H,5-11H2,1-4H3/t14-/m0/s1. The molecule has 0 amide bonds. The molecule has 1 aliphatic rings. The Kier molecular flexibility index (Phi) is 5.63. The molecule has 0 N–H and O–H groups in total. The Bertz CT molecular complexity index is 604. The second-order valence-corrected chi connectivity index (χ2v) is 7.85. The zero-order valence-corrected chi connectivity index (χ0v) is 14.8. The summed E-state index contributed by atoms with van der Waals surface area (Å²) < 4.78 is 35.1. The van der Waals surface area contributed by atoms with E-state index in [1.807, 2.05) is 6.92 Å². The summed E-state index contributed by atoms with van der Waals surface area (Å²) in [6.45, 7) is 7.22. The smallest absolute Gasteiger partial charge is 0.246 e. The van der Waals surface area contributed by atoms with E-state index in [9.17, 15) is 8.42 Å². The normalized spacial score (nSPS) is 19.8. The highest BCUT2D eigenvalue weighted by molar-refractivity contribution is 7.89. The summed E-state index contributed by atoms with van der Waals surface area (Å²) in [6.07, 6.45) is 3.89. The summed E-state index contributed by atoms with van der Waals surface area (Å²) >= 11 is 0. The number of ether oxygens (including phenoxy) is 1. The summed E-state index contributed by atoms with van der Waals surface area (Å²) in [7, 11) is -1.76. The van der Waals surface area contributed by atoms with Crippen molar-refractivity contribution in [3.05, 3.63) is 11.4 Å². The molecule has 126 valence electrons. The molecule has 0 saturated carbocycles. The van der Waals surface area contributed by atoms with Gasteiger partial charge in [-0.1, -0.05) is 6.92 Å². The van der Waals surface area contributed by atoms with Crippen LogP contribution in [-0.2, 0) is 21.8 Å². The number of aryl methyl sites for hydroxylation is 2. The Morgan fingerprint density at radius 1 is 1.36 bits per heavy atom. The Hall–Kier alpha value is -0.920. The number of hydrogen-bond donors (Lipinski definition) is 0. The highest BCUT2D eigenvalue weighted by Crippen LogP contribution is 2.25. The largest absolute Gasteiger partial charge is 0.377 e. The van der Waals surface area contributed by atoms with E-state index in [0.717, 1.165) is 32.3 Å². The van der Waals surface area contributed by atoms with Gasteiger partial charge in [0.15, 0.2) is 0 Å². The van der Waals surface area contributed by atoms with Gasteiger partial charge in [-0.2, -0.15) is 9.40 Å². The van der Waals surface area contributed by atoms with Gasteiger partial charge in [0, 0.05) is 26.7 Å². The van der Waals surface area contributed by atoms with Gasteiger partial charge >= 0.3 is 0 Å². The first-order valence-electron chi connectivity index (χ1n) is 7.99. The third kappa shape index (κ3) is 3.52. The number of aromatic nitrogens is 2. The molecule has 0 spiro atoms. The van der Waals surface area contributed by atoms with Crippen molar-refractivity contribution in [2.75, 3.05) is 19.7 Å². The predicted molar refractivity (Wildman–Crippen MR) is 85.3 cm³/mol. The molecule has 0 aliphatic carbocycles. The monoisotopic (exact) mass is 329 g/mol. The zero-order valence-electron chi connectivity index (χ0n) is 14.0. The lowest BCUT2D eigenvalue weighted by Crippen LogP contribution is -2.40. The molecule has 1 atom stereocenters. The van der Waals surface area contributed by atoms with Crippen LogP contribution < -0.4 is 0 Å². The number of nitrogens with zero attached hydrogens (tertiary/aromatic N) is 3. The average molecular weight is 329 g/mol. The third-order valence-electron chi connectivity index (χ3n) is 4.19. The molecule has 1 aliphatic heterocycles. The van der Waals surface area contributed by atoms with E-state index in [4.69, 9.17) is 4.74 Å². The molecule has 2 heterocycles. The first-order chi connectivity index (χ1) is 10.4. The molecule has 1 aromatic rings. The van der Waals surface area contributed by atoms with Crippen molar-refractivity contribution in [1.82, 2.24) is 14.1 Å². The summed E-state index contributed by atoms with van der Waals surface area (Å²) in [5.41, 5.74) is 1.24. The molecule has 1 saturated heterocycles. The molecule has 22 heavy (non-hydrogen) atoms. The summed E-state index contributed by atoms with van der Waals surface area (Å²) in [4.78, 5) is 0.347. The average Bonchev–Trinajstić information content (AvgIpc) is 2.73. The first kappa shape index (κ1) is 17.4. The van der Waals surface area contributed by atoms with Gasteiger partial charge in [-0.25, -0.2) is 8.42 Å². The van der Waals surface area contributed by atoms with Crippen LogP contribution in [-0.4, -0.2) is 48.3 Å². The van der Waals surface area contributed by atoms with Crippen molar-refractivity contribution < 1.29 is 13.2 Å². The van der Waals surface area contributed by atoms with E-state index in [2.05, 4.69) is 5.10 Å². The fraction of sp³-hybridized carbons (Fsp3) is 0.800. The molecule has 1 aromatic heterocycles. The Labute approximate surface area is 133 Å². The molecular formula is C15H27N3O3S. The third-order valence-corrected chi connectivity index (χ3v) is 6.31. The van der Waals surface area contributed by atoms with Crippen molar-refractivity contribution >= 4 is 10.0 Å². The van der Waals surface area contributed by atoms with Crippen molar-refractivity contribution in [2.24, 2.45) is 7.05 Å². The maximum atomic E-state index is 13.1. The van der Waals surface area contributed by atoms with Crippen molar-refractivity contribution in [3.63, 3.8) is 0 Å². The molecule has 2 rings (SSSR count). The highest BCUT2D eigenvalue weighted by atomic mass is 32.2. The Balaban J connectivity index is 2.28. The minimum Gasteiger partial charge on any atom is -0.377 e. The van der Waals surface area contributed by atoms with Gasteiger partial charge in [0.05, 0.1) is 17.5 Å². The van der Waals surface area contributed by atoms with Gasteiger partial charge in [-0.05, 0) is 39.5 Å². The number of rotatable bonds is 6. The van der Waals surface area contributed by atoms with Crippen LogP contribution in [0.15, 0.2) is 4.90 Å². The lowest BCUT2D eigenvalue weighted by molar-refractivity contribution is 0.00623. The SMILES string of the molecule is CCCN(C[C@@H]1CCCCO1)S(=O)(=O)c1c(C)nn(C)c1C. The number of sulfonamides is 1. The van der Waals surface area contributed by atoms with Crippen LogP contribution in [0, 0.1) is 13.8 Å². The van der Waals surface area contributed by atoms with E-state index >= 15 is 0 Å². The van der Waals surface area contributed by atoms with Gasteiger partial charge in [0.2, 0.25) is 10.0 Å². The maximum Gasteiger partial charge on any atom is 0.246 e. The zero-order chi connectivity index (χ0) is 16.3. The molecule has 1 fully saturated rings. The van der Waals surface area contributed by atoms with Crippen LogP contribution in [0.5, 0.6) is 0 Å². The second kappa shape index (κ2) is 7.10. The lowest BCUT2D eigenvalue weighted by Gasteiger charge is -2.29. The minimum atomic E-state index is -3.53. The summed E-state index contributed by atoms with van der Waals surface area (Å²) in [5.74, 6) is 0. The van der Waals surface area contributed by atoms with E-state index in [0.29, 0.717) is 29.4 Å². The Morgan fingerprint density at radius 2 is 2.09 bits per heavy atom. The molecular weight excluding hydrogens is 302 g/mol. The van der Waals surface area contributed by atoms with Crippen LogP contribution in [0.1, 0.15) is 44.0 Å². The molecule has 0 aromatic carbocycles. The molecule has 7 heteroatoms. The molecule has 0 unspecified atom stereocenters. The van der Waals surface area contributed by atoms with Crippen LogP contribution in [0.25, 0.3) is 0 Å². The minimum absolute atomic E-state index is 0.00681. The van der Waals surface area contributed by atoms with Crippen molar-refractivity contribution in [2.45, 2.75) is 57.5 Å². The summed E-state index contributed by atoms with van der Waals surface area (Å²) in [6, 6.07) is 0. The van der Waals surface area contributed by atoms with E-state index in [1.54, 1.807) is 29.9 Å². The fourth-order valence-corrected chi connectivity index (χ4v) is 4.96. The van der Waals surface area contributed by atoms with Crippen molar-refractivity contribution in [3.8, 4) is 0 Å². The van der Waals surface area contributed by atoms with Crippen molar-refractivity contribution in [1.29, 1.82) is 0 Å². The fourth-order valence-electron chi connectivity index (χ4n) is 2.99. The van der Waals surface area contributed by atoms with Gasteiger partial charge in [-0.15, -0.1) is 0 Å². The van der Waals surface area contributed by atoms with E-state index in [-0.39, 0.29) is 6.10 Å². The molecule has 6 nitrogen and oxygen atoms in total. The topological polar surface area (TPSA) is 64.4 Å². The molecule has 0 bridgehead atoms. The van der Waals surface area contributed by atoms with E-state index in [1.165, 1.54) is 0 Å².